The van der Waals surface area contributed by atoms with E-state index in [0.29, 0.717) is 13.0 Å². The molecule has 1 fully saturated rings. The molecule has 1 aliphatic heterocycles. The number of amides is 1. The van der Waals surface area contributed by atoms with Crippen LogP contribution in [0.2, 0.25) is 0 Å². The molecule has 0 aliphatic carbocycles. The average molecular weight is 326 g/mol. The van der Waals surface area contributed by atoms with E-state index >= 15 is 0 Å². The second-order valence-electron chi connectivity index (χ2n) is 6.13. The molecule has 0 saturated carbocycles. The molecule has 126 valence electrons. The summed E-state index contributed by atoms with van der Waals surface area (Å²) in [6, 6.07) is 7.56. The lowest BCUT2D eigenvalue weighted by Crippen LogP contribution is -2.32. The van der Waals surface area contributed by atoms with Crippen LogP contribution in [0.4, 0.5) is 5.82 Å². The van der Waals surface area contributed by atoms with E-state index in [4.69, 9.17) is 4.74 Å². The Hall–Kier alpha value is -2.63. The summed E-state index contributed by atoms with van der Waals surface area (Å²) in [6.07, 6.45) is 6.42. The number of hydrogen-bond acceptors (Lipinski definition) is 5. The highest BCUT2D eigenvalue weighted by Gasteiger charge is 2.28. The van der Waals surface area contributed by atoms with Gasteiger partial charge in [0, 0.05) is 45.7 Å². The minimum atomic E-state index is 0.00532. The third-order valence-electron chi connectivity index (χ3n) is 4.04. The largest absolute Gasteiger partial charge is 0.485 e. The van der Waals surface area contributed by atoms with Gasteiger partial charge in [-0.3, -0.25) is 9.78 Å². The molecular formula is C18H22N4O2. The fourth-order valence-electron chi connectivity index (χ4n) is 2.83. The first-order valence-electron chi connectivity index (χ1n) is 8.09. The van der Waals surface area contributed by atoms with E-state index in [9.17, 15) is 4.79 Å². The van der Waals surface area contributed by atoms with Gasteiger partial charge in [0.1, 0.15) is 6.10 Å². The average Bonchev–Trinajstić information content (AvgIpc) is 3.05. The molecule has 0 unspecified atom stereocenters. The zero-order chi connectivity index (χ0) is 16.9. The Morgan fingerprint density at radius 2 is 2.17 bits per heavy atom. The molecule has 3 heterocycles. The summed E-state index contributed by atoms with van der Waals surface area (Å²) in [6.45, 7) is 1.34. The maximum atomic E-state index is 12.4. The van der Waals surface area contributed by atoms with Crippen molar-refractivity contribution in [2.45, 2.75) is 18.9 Å². The second-order valence-corrected chi connectivity index (χ2v) is 6.13. The Kier molecular flexibility index (Phi) is 4.93. The first-order valence-corrected chi connectivity index (χ1v) is 8.09. The zero-order valence-corrected chi connectivity index (χ0v) is 14.1. The highest BCUT2D eigenvalue weighted by Crippen LogP contribution is 2.26. The highest BCUT2D eigenvalue weighted by atomic mass is 16.5. The van der Waals surface area contributed by atoms with Gasteiger partial charge in [0.15, 0.2) is 11.6 Å². The van der Waals surface area contributed by atoms with Crippen molar-refractivity contribution in [1.29, 1.82) is 0 Å². The number of likely N-dealkylation sites (tertiary alicyclic amines) is 1. The number of hydrogen-bond donors (Lipinski definition) is 0. The first kappa shape index (κ1) is 16.2. The lowest BCUT2D eigenvalue weighted by Gasteiger charge is -2.20. The predicted octanol–water partition coefficient (Wildman–Crippen LogP) is 1.76. The lowest BCUT2D eigenvalue weighted by molar-refractivity contribution is -0.129. The van der Waals surface area contributed by atoms with Crippen LogP contribution in [0.5, 0.6) is 5.75 Å². The topological polar surface area (TPSA) is 58.6 Å². The van der Waals surface area contributed by atoms with Crippen LogP contribution in [-0.4, -0.2) is 54.1 Å². The van der Waals surface area contributed by atoms with E-state index < -0.39 is 0 Å². The molecule has 2 aromatic heterocycles. The molecule has 1 atom stereocenters. The van der Waals surface area contributed by atoms with Gasteiger partial charge in [-0.25, -0.2) is 4.98 Å². The maximum Gasteiger partial charge on any atom is 0.227 e. The summed E-state index contributed by atoms with van der Waals surface area (Å²) in [5.41, 5.74) is 0.939. The fraction of sp³-hybridized carbons (Fsp3) is 0.389. The van der Waals surface area contributed by atoms with E-state index in [1.807, 2.05) is 48.2 Å². The summed E-state index contributed by atoms with van der Waals surface area (Å²) in [5.74, 6) is 1.68. The highest BCUT2D eigenvalue weighted by molar-refractivity contribution is 5.79. The molecule has 0 N–H and O–H groups in total. The molecule has 0 bridgehead atoms. The van der Waals surface area contributed by atoms with Crippen molar-refractivity contribution in [3.05, 3.63) is 48.4 Å². The molecule has 6 nitrogen and oxygen atoms in total. The number of carbonyl (C=O) groups excluding carboxylic acids is 1. The predicted molar refractivity (Wildman–Crippen MR) is 92.1 cm³/mol. The van der Waals surface area contributed by atoms with E-state index in [-0.39, 0.29) is 12.0 Å². The smallest absolute Gasteiger partial charge is 0.227 e. The summed E-state index contributed by atoms with van der Waals surface area (Å²) in [5, 5.41) is 0. The van der Waals surface area contributed by atoms with Crippen molar-refractivity contribution in [3.63, 3.8) is 0 Å². The van der Waals surface area contributed by atoms with Crippen LogP contribution in [0, 0.1) is 0 Å². The summed E-state index contributed by atoms with van der Waals surface area (Å²) < 4.78 is 6.09. The quantitative estimate of drug-likeness (QED) is 0.838. The fourth-order valence-corrected chi connectivity index (χ4v) is 2.83. The Labute approximate surface area is 142 Å². The summed E-state index contributed by atoms with van der Waals surface area (Å²) in [4.78, 5) is 24.6. The van der Waals surface area contributed by atoms with Crippen molar-refractivity contribution in [2.75, 3.05) is 32.1 Å². The minimum Gasteiger partial charge on any atom is -0.485 e. The molecule has 1 saturated heterocycles. The number of ether oxygens (including phenoxy) is 1. The van der Waals surface area contributed by atoms with Crippen LogP contribution in [0.3, 0.4) is 0 Å². The Morgan fingerprint density at radius 1 is 1.33 bits per heavy atom. The van der Waals surface area contributed by atoms with Gasteiger partial charge in [-0.2, -0.15) is 0 Å². The van der Waals surface area contributed by atoms with Crippen molar-refractivity contribution < 1.29 is 9.53 Å². The first-order chi connectivity index (χ1) is 11.6. The number of pyridine rings is 2. The molecule has 6 heteroatoms. The molecule has 1 aliphatic rings. The van der Waals surface area contributed by atoms with E-state index in [0.717, 1.165) is 30.1 Å². The SMILES string of the molecule is CN(C)c1ncccc1O[C@@H]1CCN(C(=O)Cc2cccnc2)C1. The molecule has 1 amide bonds. The maximum absolute atomic E-state index is 12.4. The molecule has 2 aromatic rings. The van der Waals surface area contributed by atoms with E-state index in [2.05, 4.69) is 9.97 Å². The molecule has 3 rings (SSSR count). The van der Waals surface area contributed by atoms with Crippen LogP contribution in [0.1, 0.15) is 12.0 Å². The van der Waals surface area contributed by atoms with Gasteiger partial charge < -0.3 is 14.5 Å². The molecular weight excluding hydrogens is 304 g/mol. The standard InChI is InChI=1S/C18H22N4O2/c1-21(2)18-16(6-4-9-20-18)24-15-7-10-22(13-15)17(23)11-14-5-3-8-19-12-14/h3-6,8-9,12,15H,7,10-11,13H2,1-2H3/t15-/m1/s1. The number of aromatic nitrogens is 2. The van der Waals surface area contributed by atoms with Gasteiger partial charge in [0.2, 0.25) is 5.91 Å². The van der Waals surface area contributed by atoms with Gasteiger partial charge in [-0.1, -0.05) is 6.07 Å². The van der Waals surface area contributed by atoms with Crippen LogP contribution < -0.4 is 9.64 Å². The van der Waals surface area contributed by atoms with Gasteiger partial charge >= 0.3 is 0 Å². The van der Waals surface area contributed by atoms with Crippen LogP contribution in [0.15, 0.2) is 42.9 Å². The van der Waals surface area contributed by atoms with Crippen LogP contribution in [-0.2, 0) is 11.2 Å². The van der Waals surface area contributed by atoms with Crippen molar-refractivity contribution >= 4 is 11.7 Å². The summed E-state index contributed by atoms with van der Waals surface area (Å²) >= 11 is 0. The number of rotatable bonds is 5. The van der Waals surface area contributed by atoms with Crippen LogP contribution in [0.25, 0.3) is 0 Å². The molecule has 0 radical (unpaired) electrons. The number of nitrogens with zero attached hydrogens (tertiary/aromatic N) is 4. The Morgan fingerprint density at radius 3 is 2.92 bits per heavy atom. The van der Waals surface area contributed by atoms with Crippen molar-refractivity contribution in [3.8, 4) is 5.75 Å². The third kappa shape index (κ3) is 3.82. The molecule has 0 aromatic carbocycles. The number of anilines is 1. The monoisotopic (exact) mass is 326 g/mol. The van der Waals surface area contributed by atoms with Gasteiger partial charge in [0.05, 0.1) is 13.0 Å². The Balaban J connectivity index is 1.59. The van der Waals surface area contributed by atoms with Gasteiger partial charge in [-0.15, -0.1) is 0 Å². The van der Waals surface area contributed by atoms with E-state index in [1.54, 1.807) is 18.6 Å². The Bertz CT molecular complexity index is 690. The summed E-state index contributed by atoms with van der Waals surface area (Å²) in [7, 11) is 3.88. The number of carbonyl (C=O) groups is 1. The van der Waals surface area contributed by atoms with Crippen molar-refractivity contribution in [2.24, 2.45) is 0 Å². The normalized spacial score (nSPS) is 16.9. The third-order valence-corrected chi connectivity index (χ3v) is 4.04. The zero-order valence-electron chi connectivity index (χ0n) is 14.1. The molecule has 24 heavy (non-hydrogen) atoms. The lowest BCUT2D eigenvalue weighted by atomic mass is 10.2. The van der Waals surface area contributed by atoms with E-state index in [1.165, 1.54) is 0 Å². The van der Waals surface area contributed by atoms with Crippen LogP contribution >= 0.6 is 0 Å². The van der Waals surface area contributed by atoms with Gasteiger partial charge in [0.25, 0.3) is 0 Å². The van der Waals surface area contributed by atoms with Gasteiger partial charge in [-0.05, 0) is 23.8 Å². The minimum absolute atomic E-state index is 0.00532. The van der Waals surface area contributed by atoms with Crippen molar-refractivity contribution in [1.82, 2.24) is 14.9 Å². The molecule has 0 spiro atoms. The second kappa shape index (κ2) is 7.29.